The van der Waals surface area contributed by atoms with Gasteiger partial charge in [-0.25, -0.2) is 9.59 Å². The highest BCUT2D eigenvalue weighted by Crippen LogP contribution is 2.30. The number of phenolic OH excluding ortho intramolecular Hbond substituents is 2. The number of carbonyl (C=O) groups excluding carboxylic acids is 1. The summed E-state index contributed by atoms with van der Waals surface area (Å²) in [6.07, 6.45) is -0.543. The second kappa shape index (κ2) is 7.21. The minimum absolute atomic E-state index is 0.0403. The lowest BCUT2D eigenvalue weighted by Crippen LogP contribution is -2.68. The van der Waals surface area contributed by atoms with Gasteiger partial charge in [0.05, 0.1) is 6.42 Å². The molecule has 0 amide bonds. The Morgan fingerprint density at radius 2 is 1.50 bits per heavy atom. The lowest BCUT2D eigenvalue weighted by molar-refractivity contribution is -0.208. The highest BCUT2D eigenvalue weighted by atomic mass is 16.5. The summed E-state index contributed by atoms with van der Waals surface area (Å²) in [4.78, 5) is 45.4. The Bertz CT molecular complexity index is 797. The third-order valence-electron chi connectivity index (χ3n) is 3.45. The molecule has 0 spiro atoms. The van der Waals surface area contributed by atoms with Crippen molar-refractivity contribution in [3.05, 3.63) is 29.8 Å². The molecule has 0 aliphatic heterocycles. The molecule has 2 unspecified atom stereocenters. The number of carboxylic acids is 3. The first-order valence-electron chi connectivity index (χ1n) is 6.74. The Balaban J connectivity index is 3.37. The average Bonchev–Trinajstić information content (AvgIpc) is 2.53. The molecule has 0 aliphatic rings. The Labute approximate surface area is 144 Å². The summed E-state index contributed by atoms with van der Waals surface area (Å²) in [5.74, 6) is -9.79. The van der Waals surface area contributed by atoms with Crippen molar-refractivity contribution in [3.8, 4) is 11.5 Å². The lowest BCUT2D eigenvalue weighted by atomic mass is 9.76. The third kappa shape index (κ3) is 3.63. The van der Waals surface area contributed by atoms with E-state index in [4.69, 9.17) is 20.4 Å². The van der Waals surface area contributed by atoms with Gasteiger partial charge in [-0.3, -0.25) is 9.59 Å². The van der Waals surface area contributed by atoms with Crippen LogP contribution in [0.15, 0.2) is 24.3 Å². The van der Waals surface area contributed by atoms with Gasteiger partial charge < -0.3 is 35.7 Å². The fourth-order valence-electron chi connectivity index (χ4n) is 2.00. The van der Waals surface area contributed by atoms with E-state index < -0.39 is 52.8 Å². The molecule has 2 atom stereocenters. The Morgan fingerprint density at radius 1 is 0.923 bits per heavy atom. The average molecular weight is 370 g/mol. The molecule has 11 heteroatoms. The standard InChI is InChI=1S/C15H14O11/c16-8-3-1-7(5-9(8)17)2-4-10(18)15(26,13(23)24)14(25,12(21)22)6-11(19)20/h1-5,16-17,25-26H,6H2,(H,19,20)(H,21,22)(H,23,24)/b4-2+. The summed E-state index contributed by atoms with van der Waals surface area (Å²) in [6, 6.07) is 3.17. The quantitative estimate of drug-likeness (QED) is 0.164. The predicted molar refractivity (Wildman–Crippen MR) is 81.2 cm³/mol. The van der Waals surface area contributed by atoms with Crippen LogP contribution in [0.25, 0.3) is 6.08 Å². The monoisotopic (exact) mass is 370 g/mol. The van der Waals surface area contributed by atoms with Crippen molar-refractivity contribution >= 4 is 29.8 Å². The number of aliphatic carboxylic acids is 3. The van der Waals surface area contributed by atoms with Crippen LogP contribution in [0, 0.1) is 0 Å². The molecule has 0 saturated heterocycles. The molecule has 0 saturated carbocycles. The van der Waals surface area contributed by atoms with E-state index in [1.54, 1.807) is 0 Å². The van der Waals surface area contributed by atoms with E-state index in [0.29, 0.717) is 6.08 Å². The zero-order chi connectivity index (χ0) is 20.3. The van der Waals surface area contributed by atoms with Gasteiger partial charge in [-0.05, 0) is 23.8 Å². The molecule has 0 fully saturated rings. The van der Waals surface area contributed by atoms with Crippen LogP contribution in [0.2, 0.25) is 0 Å². The minimum Gasteiger partial charge on any atom is -0.504 e. The molecule has 1 aromatic rings. The molecule has 7 N–H and O–H groups in total. The van der Waals surface area contributed by atoms with Crippen LogP contribution in [0.5, 0.6) is 11.5 Å². The SMILES string of the molecule is O=C(O)CC(O)(C(=O)O)C(O)(C(=O)O)C(=O)/C=C/c1ccc(O)c(O)c1. The van der Waals surface area contributed by atoms with E-state index in [1.165, 1.54) is 6.07 Å². The summed E-state index contributed by atoms with van der Waals surface area (Å²) >= 11 is 0. The van der Waals surface area contributed by atoms with Crippen LogP contribution in [0.3, 0.4) is 0 Å². The smallest absolute Gasteiger partial charge is 0.347 e. The maximum absolute atomic E-state index is 12.1. The van der Waals surface area contributed by atoms with Gasteiger partial charge >= 0.3 is 17.9 Å². The van der Waals surface area contributed by atoms with E-state index in [2.05, 4.69) is 0 Å². The molecule has 0 aliphatic carbocycles. The van der Waals surface area contributed by atoms with Crippen molar-refractivity contribution in [3.63, 3.8) is 0 Å². The number of phenols is 2. The van der Waals surface area contributed by atoms with Crippen LogP contribution >= 0.6 is 0 Å². The van der Waals surface area contributed by atoms with Gasteiger partial charge in [-0.1, -0.05) is 12.1 Å². The summed E-state index contributed by atoms with van der Waals surface area (Å²) in [5.41, 5.74) is -7.82. The van der Waals surface area contributed by atoms with E-state index in [0.717, 1.165) is 18.2 Å². The number of carbonyl (C=O) groups is 4. The van der Waals surface area contributed by atoms with Crippen LogP contribution in [0.1, 0.15) is 12.0 Å². The number of aromatic hydroxyl groups is 2. The van der Waals surface area contributed by atoms with Crippen LogP contribution in [-0.4, -0.2) is 70.6 Å². The van der Waals surface area contributed by atoms with E-state index in [1.807, 2.05) is 0 Å². The van der Waals surface area contributed by atoms with Crippen molar-refractivity contribution in [2.24, 2.45) is 0 Å². The van der Waals surface area contributed by atoms with E-state index >= 15 is 0 Å². The maximum Gasteiger partial charge on any atom is 0.347 e. The first-order chi connectivity index (χ1) is 11.9. The molecule has 11 nitrogen and oxygen atoms in total. The zero-order valence-corrected chi connectivity index (χ0v) is 12.9. The normalized spacial score (nSPS) is 15.8. The van der Waals surface area contributed by atoms with Gasteiger partial charge in [0, 0.05) is 0 Å². The summed E-state index contributed by atoms with van der Waals surface area (Å²) in [7, 11) is 0. The third-order valence-corrected chi connectivity index (χ3v) is 3.45. The Morgan fingerprint density at radius 3 is 1.92 bits per heavy atom. The largest absolute Gasteiger partial charge is 0.504 e. The highest BCUT2D eigenvalue weighted by Gasteiger charge is 2.65. The van der Waals surface area contributed by atoms with Gasteiger partial charge in [-0.15, -0.1) is 0 Å². The molecule has 1 aromatic carbocycles. The number of carboxylic acid groups (broad SMARTS) is 3. The summed E-state index contributed by atoms with van der Waals surface area (Å²) in [5, 5.41) is 65.3. The molecule has 140 valence electrons. The van der Waals surface area contributed by atoms with Crippen molar-refractivity contribution in [1.29, 1.82) is 0 Å². The highest BCUT2D eigenvalue weighted by molar-refractivity contribution is 6.17. The first-order valence-corrected chi connectivity index (χ1v) is 6.74. The van der Waals surface area contributed by atoms with E-state index in [-0.39, 0.29) is 5.56 Å². The topological polar surface area (TPSA) is 210 Å². The molecule has 0 radical (unpaired) electrons. The second-order valence-electron chi connectivity index (χ2n) is 5.20. The number of rotatable bonds is 8. The fourth-order valence-corrected chi connectivity index (χ4v) is 2.00. The van der Waals surface area contributed by atoms with Crippen LogP contribution < -0.4 is 0 Å². The molecule has 1 rings (SSSR count). The molecule has 0 heterocycles. The summed E-state index contributed by atoms with van der Waals surface area (Å²) in [6.45, 7) is 0. The van der Waals surface area contributed by atoms with Crippen LogP contribution in [-0.2, 0) is 19.2 Å². The van der Waals surface area contributed by atoms with Crippen molar-refractivity contribution in [2.45, 2.75) is 17.6 Å². The predicted octanol–water partition coefficient (Wildman–Crippen LogP) is -1.21. The molecule has 0 aromatic heterocycles. The number of hydrogen-bond donors (Lipinski definition) is 7. The number of benzene rings is 1. The van der Waals surface area contributed by atoms with Crippen molar-refractivity contribution in [2.75, 3.05) is 0 Å². The van der Waals surface area contributed by atoms with Crippen LogP contribution in [0.4, 0.5) is 0 Å². The number of hydrogen-bond acceptors (Lipinski definition) is 8. The maximum atomic E-state index is 12.1. The molecular formula is C15H14O11. The number of aliphatic hydroxyl groups is 2. The Hall–Kier alpha value is -3.44. The molecule has 0 bridgehead atoms. The van der Waals surface area contributed by atoms with Crippen molar-refractivity contribution in [1.82, 2.24) is 0 Å². The first kappa shape index (κ1) is 20.6. The lowest BCUT2D eigenvalue weighted by Gasteiger charge is -2.33. The Kier molecular flexibility index (Phi) is 5.71. The second-order valence-corrected chi connectivity index (χ2v) is 5.20. The van der Waals surface area contributed by atoms with Gasteiger partial charge in [0.1, 0.15) is 0 Å². The number of ketones is 1. The van der Waals surface area contributed by atoms with Gasteiger partial charge in [-0.2, -0.15) is 0 Å². The summed E-state index contributed by atoms with van der Waals surface area (Å²) < 4.78 is 0. The van der Waals surface area contributed by atoms with Gasteiger partial charge in [0.15, 0.2) is 11.5 Å². The van der Waals surface area contributed by atoms with Gasteiger partial charge in [0.25, 0.3) is 5.60 Å². The fraction of sp³-hybridized carbons (Fsp3) is 0.200. The van der Waals surface area contributed by atoms with Gasteiger partial charge in [0.2, 0.25) is 11.4 Å². The van der Waals surface area contributed by atoms with Crippen molar-refractivity contribution < 1.29 is 54.9 Å². The molecule has 26 heavy (non-hydrogen) atoms. The minimum atomic E-state index is -4.01. The van der Waals surface area contributed by atoms with E-state index in [9.17, 15) is 34.5 Å². The molecular weight excluding hydrogens is 356 g/mol. The zero-order valence-electron chi connectivity index (χ0n) is 12.9.